The number of hydrogen-bond acceptors (Lipinski definition) is 2. The van der Waals surface area contributed by atoms with Crippen LogP contribution in [0, 0.1) is 13.8 Å². The number of halogens is 1. The van der Waals surface area contributed by atoms with Gasteiger partial charge < -0.3 is 15.2 Å². The molecule has 0 aliphatic carbocycles. The zero-order chi connectivity index (χ0) is 14.0. The van der Waals surface area contributed by atoms with Gasteiger partial charge in [0.05, 0.1) is 5.56 Å². The van der Waals surface area contributed by atoms with Crippen molar-refractivity contribution in [2.75, 3.05) is 13.1 Å². The van der Waals surface area contributed by atoms with Crippen molar-refractivity contribution < 1.29 is 4.79 Å². The molecule has 2 heterocycles. The van der Waals surface area contributed by atoms with Crippen LogP contribution >= 0.6 is 12.4 Å². The van der Waals surface area contributed by atoms with Gasteiger partial charge in [0.15, 0.2) is 0 Å². The molecule has 0 radical (unpaired) electrons. The molecule has 1 saturated heterocycles. The largest absolute Gasteiger partial charge is 0.348 e. The van der Waals surface area contributed by atoms with Crippen molar-refractivity contribution in [3.63, 3.8) is 0 Å². The predicted molar refractivity (Wildman–Crippen MR) is 84.9 cm³/mol. The normalized spacial score (nSPS) is 18.8. The summed E-state index contributed by atoms with van der Waals surface area (Å²) in [6.45, 7) is 10.3. The van der Waals surface area contributed by atoms with Crippen LogP contribution in [0.3, 0.4) is 0 Å². The van der Waals surface area contributed by atoms with Crippen molar-refractivity contribution in [3.8, 4) is 0 Å². The molecule has 0 bridgehead atoms. The maximum absolute atomic E-state index is 12.4. The van der Waals surface area contributed by atoms with Crippen LogP contribution in [0.25, 0.3) is 0 Å². The first-order valence-electron chi connectivity index (χ1n) is 7.20. The van der Waals surface area contributed by atoms with Gasteiger partial charge in [-0.1, -0.05) is 0 Å². The molecule has 1 aliphatic rings. The molecule has 2 N–H and O–H groups in total. The number of nitrogens with zero attached hydrogens (tertiary/aromatic N) is 1. The Labute approximate surface area is 127 Å². The highest BCUT2D eigenvalue weighted by molar-refractivity contribution is 5.95. The molecule has 20 heavy (non-hydrogen) atoms. The van der Waals surface area contributed by atoms with E-state index in [1.165, 1.54) is 0 Å². The van der Waals surface area contributed by atoms with Crippen molar-refractivity contribution in [3.05, 3.63) is 23.0 Å². The van der Waals surface area contributed by atoms with E-state index in [9.17, 15) is 4.79 Å². The second kappa shape index (κ2) is 7.14. The van der Waals surface area contributed by atoms with Gasteiger partial charge in [-0.05, 0) is 53.1 Å². The van der Waals surface area contributed by atoms with Crippen LogP contribution in [0.5, 0.6) is 0 Å². The van der Waals surface area contributed by atoms with Gasteiger partial charge in [-0.15, -0.1) is 12.4 Å². The zero-order valence-corrected chi connectivity index (χ0v) is 13.6. The lowest BCUT2D eigenvalue weighted by Gasteiger charge is -2.23. The van der Waals surface area contributed by atoms with Gasteiger partial charge >= 0.3 is 0 Å². The summed E-state index contributed by atoms with van der Waals surface area (Å²) in [4.78, 5) is 12.4. The summed E-state index contributed by atoms with van der Waals surface area (Å²) in [5, 5.41) is 6.46. The number of amides is 1. The van der Waals surface area contributed by atoms with Crippen molar-refractivity contribution in [1.82, 2.24) is 15.2 Å². The first kappa shape index (κ1) is 17.1. The lowest BCUT2D eigenvalue weighted by atomic mass is 10.1. The van der Waals surface area contributed by atoms with Crippen molar-refractivity contribution in [2.24, 2.45) is 0 Å². The molecule has 1 aliphatic heterocycles. The van der Waals surface area contributed by atoms with E-state index in [1.54, 1.807) is 0 Å². The van der Waals surface area contributed by atoms with E-state index in [2.05, 4.69) is 36.0 Å². The molecule has 0 saturated carbocycles. The summed E-state index contributed by atoms with van der Waals surface area (Å²) in [7, 11) is 0. The van der Waals surface area contributed by atoms with E-state index in [0.29, 0.717) is 6.04 Å². The first-order chi connectivity index (χ1) is 9.00. The summed E-state index contributed by atoms with van der Waals surface area (Å²) in [6.07, 6.45) is 2.21. The van der Waals surface area contributed by atoms with Gasteiger partial charge in [-0.2, -0.15) is 0 Å². The summed E-state index contributed by atoms with van der Waals surface area (Å²) in [5.41, 5.74) is 3.03. The number of carbonyl (C=O) groups excluding carboxylic acids is 1. The van der Waals surface area contributed by atoms with Crippen LogP contribution < -0.4 is 10.6 Å². The second-order valence-corrected chi connectivity index (χ2v) is 5.77. The molecule has 114 valence electrons. The number of piperidine rings is 1. The van der Waals surface area contributed by atoms with Gasteiger partial charge in [-0.25, -0.2) is 0 Å². The highest BCUT2D eigenvalue weighted by Crippen LogP contribution is 2.20. The molecule has 5 heteroatoms. The van der Waals surface area contributed by atoms with Crippen LogP contribution in [-0.2, 0) is 0 Å². The molecular formula is C15H26ClN3O. The monoisotopic (exact) mass is 299 g/mol. The van der Waals surface area contributed by atoms with Crippen LogP contribution in [0.15, 0.2) is 6.07 Å². The Kier molecular flexibility index (Phi) is 6.08. The highest BCUT2D eigenvalue weighted by atomic mass is 35.5. The van der Waals surface area contributed by atoms with Crippen LogP contribution in [0.4, 0.5) is 0 Å². The molecule has 2 rings (SSSR count). The molecule has 1 aromatic heterocycles. The minimum Gasteiger partial charge on any atom is -0.348 e. The van der Waals surface area contributed by atoms with Gasteiger partial charge in [0, 0.05) is 30.0 Å². The van der Waals surface area contributed by atoms with E-state index < -0.39 is 0 Å². The molecular weight excluding hydrogens is 274 g/mol. The number of carbonyl (C=O) groups is 1. The standard InChI is InChI=1S/C15H25N3O.ClH/c1-10(2)18-11(3)8-14(12(18)4)15(19)17-13-6-5-7-16-9-13;/h8,10,13,16H,5-7,9H2,1-4H3,(H,17,19);1H/t13-;/m0./s1. The summed E-state index contributed by atoms with van der Waals surface area (Å²) in [6, 6.07) is 2.65. The van der Waals surface area contributed by atoms with Crippen molar-refractivity contribution in [2.45, 2.75) is 52.6 Å². The third kappa shape index (κ3) is 3.55. The van der Waals surface area contributed by atoms with Crippen molar-refractivity contribution in [1.29, 1.82) is 0 Å². The molecule has 0 aromatic carbocycles. The Bertz CT molecular complexity index is 462. The van der Waals surface area contributed by atoms with Crippen LogP contribution in [0.1, 0.15) is 54.5 Å². The maximum Gasteiger partial charge on any atom is 0.253 e. The fourth-order valence-corrected chi connectivity index (χ4v) is 3.04. The van der Waals surface area contributed by atoms with Gasteiger partial charge in [0.25, 0.3) is 5.91 Å². The Balaban J connectivity index is 0.00000200. The van der Waals surface area contributed by atoms with Gasteiger partial charge in [0.2, 0.25) is 0 Å². The van der Waals surface area contributed by atoms with E-state index in [-0.39, 0.29) is 24.4 Å². The average Bonchev–Trinajstić information content (AvgIpc) is 2.66. The Morgan fingerprint density at radius 3 is 2.65 bits per heavy atom. The lowest BCUT2D eigenvalue weighted by molar-refractivity contribution is 0.0930. The number of aromatic nitrogens is 1. The molecule has 1 amide bonds. The maximum atomic E-state index is 12.4. The molecule has 1 fully saturated rings. The summed E-state index contributed by atoms with van der Waals surface area (Å²) < 4.78 is 2.22. The number of hydrogen-bond donors (Lipinski definition) is 2. The third-order valence-electron chi connectivity index (χ3n) is 3.88. The Morgan fingerprint density at radius 2 is 2.15 bits per heavy atom. The van der Waals surface area contributed by atoms with E-state index in [4.69, 9.17) is 0 Å². The van der Waals surface area contributed by atoms with Crippen molar-refractivity contribution >= 4 is 18.3 Å². The van der Waals surface area contributed by atoms with Gasteiger partial charge in [0.1, 0.15) is 0 Å². The number of aryl methyl sites for hydroxylation is 1. The average molecular weight is 300 g/mol. The Hall–Kier alpha value is -1.000. The quantitative estimate of drug-likeness (QED) is 0.901. The van der Waals surface area contributed by atoms with E-state index in [0.717, 1.165) is 42.9 Å². The molecule has 0 spiro atoms. The van der Waals surface area contributed by atoms with E-state index in [1.807, 2.05) is 13.0 Å². The lowest BCUT2D eigenvalue weighted by Crippen LogP contribution is -2.45. The minimum absolute atomic E-state index is 0. The third-order valence-corrected chi connectivity index (χ3v) is 3.88. The number of rotatable bonds is 3. The fourth-order valence-electron chi connectivity index (χ4n) is 3.04. The Morgan fingerprint density at radius 1 is 1.45 bits per heavy atom. The fraction of sp³-hybridized carbons (Fsp3) is 0.667. The minimum atomic E-state index is 0. The topological polar surface area (TPSA) is 46.1 Å². The smallest absolute Gasteiger partial charge is 0.253 e. The summed E-state index contributed by atoms with van der Waals surface area (Å²) >= 11 is 0. The van der Waals surface area contributed by atoms with Crippen LogP contribution in [-0.4, -0.2) is 29.6 Å². The second-order valence-electron chi connectivity index (χ2n) is 5.77. The zero-order valence-electron chi connectivity index (χ0n) is 12.8. The molecule has 1 atom stereocenters. The SMILES string of the molecule is Cc1cc(C(=O)N[C@H]2CCCNC2)c(C)n1C(C)C.Cl. The van der Waals surface area contributed by atoms with Gasteiger partial charge in [-0.3, -0.25) is 4.79 Å². The molecule has 4 nitrogen and oxygen atoms in total. The molecule has 1 aromatic rings. The highest BCUT2D eigenvalue weighted by Gasteiger charge is 2.20. The van der Waals surface area contributed by atoms with Crippen LogP contribution in [0.2, 0.25) is 0 Å². The predicted octanol–water partition coefficient (Wildman–Crippen LogP) is 2.59. The molecule has 0 unspecified atom stereocenters. The first-order valence-corrected chi connectivity index (χ1v) is 7.20. The summed E-state index contributed by atoms with van der Waals surface area (Å²) in [5.74, 6) is 0.0636. The number of nitrogens with one attached hydrogen (secondary N) is 2. The van der Waals surface area contributed by atoms with E-state index >= 15 is 0 Å².